The number of hydrogen-bond acceptors (Lipinski definition) is 6. The fourth-order valence-corrected chi connectivity index (χ4v) is 1.31. The van der Waals surface area contributed by atoms with E-state index in [0.717, 1.165) is 0 Å². The van der Waals surface area contributed by atoms with Crippen molar-refractivity contribution in [3.63, 3.8) is 0 Å². The van der Waals surface area contributed by atoms with Gasteiger partial charge in [0.1, 0.15) is 13.2 Å². The fraction of sp³-hybridized carbons (Fsp3) is 0.214. The lowest BCUT2D eigenvalue weighted by Crippen LogP contribution is -2.25. The fourth-order valence-electron chi connectivity index (χ4n) is 1.31. The highest BCUT2D eigenvalue weighted by molar-refractivity contribution is 6.01. The number of carbonyl (C=O) groups is 3. The van der Waals surface area contributed by atoms with Gasteiger partial charge in [0.05, 0.1) is 11.5 Å². The predicted molar refractivity (Wildman–Crippen MR) is 66.8 cm³/mol. The van der Waals surface area contributed by atoms with Crippen LogP contribution >= 0.6 is 0 Å². The highest BCUT2D eigenvalue weighted by atomic mass is 16.6. The Labute approximate surface area is 115 Å². The first-order valence-electron chi connectivity index (χ1n) is 5.73. The van der Waals surface area contributed by atoms with Crippen molar-refractivity contribution in [3.8, 4) is 0 Å². The zero-order chi connectivity index (χ0) is 15.1. The molecule has 0 aliphatic heterocycles. The summed E-state index contributed by atoms with van der Waals surface area (Å²) >= 11 is 0. The molecule has 0 amide bonds. The third-order valence-electron chi connectivity index (χ3n) is 2.26. The van der Waals surface area contributed by atoms with Gasteiger partial charge in [-0.05, 0) is 13.0 Å². The highest BCUT2D eigenvalue weighted by Gasteiger charge is 2.13. The van der Waals surface area contributed by atoms with Crippen molar-refractivity contribution in [3.05, 3.63) is 47.5 Å². The second-order valence-electron chi connectivity index (χ2n) is 3.89. The van der Waals surface area contributed by atoms with E-state index < -0.39 is 17.9 Å². The summed E-state index contributed by atoms with van der Waals surface area (Å²) in [4.78, 5) is 33.6. The number of esters is 2. The third-order valence-corrected chi connectivity index (χ3v) is 2.26. The van der Waals surface area contributed by atoms with Crippen LogP contribution in [0.5, 0.6) is 0 Å². The third kappa shape index (κ3) is 4.24. The van der Waals surface area contributed by atoms with Crippen molar-refractivity contribution in [2.45, 2.75) is 6.92 Å². The van der Waals surface area contributed by atoms with E-state index >= 15 is 0 Å². The average Bonchev–Trinajstić information content (AvgIpc) is 2.42. The first-order chi connectivity index (χ1) is 9.43. The standard InChI is InChI=1S/C14H14O6/c1-9(2)13(17)19-7-8-20-14(18)11-6-4-3-5-10(11)12(15)16/h3-6H,1,7-8H2,2H3,(H,15,16)/p-1. The lowest BCUT2D eigenvalue weighted by Gasteiger charge is -2.10. The summed E-state index contributed by atoms with van der Waals surface area (Å²) in [7, 11) is 0. The molecule has 0 bridgehead atoms. The first-order valence-corrected chi connectivity index (χ1v) is 5.73. The van der Waals surface area contributed by atoms with E-state index in [2.05, 4.69) is 6.58 Å². The molecule has 1 rings (SSSR count). The Morgan fingerprint density at radius 3 is 2.20 bits per heavy atom. The van der Waals surface area contributed by atoms with Gasteiger partial charge < -0.3 is 19.4 Å². The summed E-state index contributed by atoms with van der Waals surface area (Å²) in [5.74, 6) is -2.88. The van der Waals surface area contributed by atoms with Crippen LogP contribution in [0, 0.1) is 0 Å². The Hall–Kier alpha value is -2.63. The quantitative estimate of drug-likeness (QED) is 0.422. The van der Waals surface area contributed by atoms with Crippen LogP contribution in [-0.2, 0) is 14.3 Å². The number of rotatable bonds is 6. The van der Waals surface area contributed by atoms with Gasteiger partial charge in [-0.2, -0.15) is 0 Å². The summed E-state index contributed by atoms with van der Waals surface area (Å²) in [6, 6.07) is 5.53. The summed E-state index contributed by atoms with van der Waals surface area (Å²) in [6.07, 6.45) is 0. The molecule has 0 saturated heterocycles. The summed E-state index contributed by atoms with van der Waals surface area (Å²) in [5, 5.41) is 10.8. The maximum atomic E-state index is 11.7. The lowest BCUT2D eigenvalue weighted by atomic mass is 10.1. The zero-order valence-electron chi connectivity index (χ0n) is 10.9. The molecule has 106 valence electrons. The van der Waals surface area contributed by atoms with Gasteiger partial charge in [-0.1, -0.05) is 24.8 Å². The Bertz CT molecular complexity index is 546. The lowest BCUT2D eigenvalue weighted by molar-refractivity contribution is -0.255. The molecule has 0 saturated carbocycles. The van der Waals surface area contributed by atoms with Gasteiger partial charge in [0.25, 0.3) is 0 Å². The number of aromatic carboxylic acids is 1. The van der Waals surface area contributed by atoms with Gasteiger partial charge in [-0.3, -0.25) is 0 Å². The number of carbonyl (C=O) groups excluding carboxylic acids is 3. The van der Waals surface area contributed by atoms with E-state index in [1.165, 1.54) is 31.2 Å². The van der Waals surface area contributed by atoms with E-state index in [0.29, 0.717) is 0 Å². The minimum Gasteiger partial charge on any atom is -0.545 e. The zero-order valence-corrected chi connectivity index (χ0v) is 10.9. The number of carboxylic acids is 1. The maximum absolute atomic E-state index is 11.7. The SMILES string of the molecule is C=C(C)C(=O)OCCOC(=O)c1ccccc1C(=O)[O-]. The van der Waals surface area contributed by atoms with Crippen LogP contribution in [0.25, 0.3) is 0 Å². The molecule has 0 atom stereocenters. The number of ether oxygens (including phenoxy) is 2. The molecule has 0 N–H and O–H groups in total. The van der Waals surface area contributed by atoms with Crippen LogP contribution in [-0.4, -0.2) is 31.1 Å². The molecule has 0 radical (unpaired) electrons. The van der Waals surface area contributed by atoms with Crippen LogP contribution in [0.2, 0.25) is 0 Å². The molecule has 6 nitrogen and oxygen atoms in total. The minimum absolute atomic E-state index is 0.112. The maximum Gasteiger partial charge on any atom is 0.338 e. The second-order valence-corrected chi connectivity index (χ2v) is 3.89. The largest absolute Gasteiger partial charge is 0.545 e. The molecule has 0 aliphatic carbocycles. The smallest absolute Gasteiger partial charge is 0.338 e. The second kappa shape index (κ2) is 7.08. The van der Waals surface area contributed by atoms with Crippen molar-refractivity contribution in [2.75, 3.05) is 13.2 Å². The van der Waals surface area contributed by atoms with E-state index in [1.807, 2.05) is 0 Å². The molecule has 0 aliphatic rings. The molecule has 0 heterocycles. The molecule has 6 heteroatoms. The Morgan fingerprint density at radius 1 is 1.10 bits per heavy atom. The Kier molecular flexibility index (Phi) is 5.46. The number of carboxylic acid groups (broad SMARTS) is 1. The molecule has 0 spiro atoms. The van der Waals surface area contributed by atoms with Crippen LogP contribution in [0.15, 0.2) is 36.4 Å². The van der Waals surface area contributed by atoms with Gasteiger partial charge in [0.15, 0.2) is 0 Å². The molecule has 0 aromatic heterocycles. The van der Waals surface area contributed by atoms with E-state index in [-0.39, 0.29) is 29.9 Å². The number of benzene rings is 1. The molecule has 1 aromatic carbocycles. The topological polar surface area (TPSA) is 92.7 Å². The van der Waals surface area contributed by atoms with E-state index in [1.54, 1.807) is 0 Å². The summed E-state index contributed by atoms with van der Waals surface area (Å²) < 4.78 is 9.54. The molecular formula is C14H13O6-. The van der Waals surface area contributed by atoms with Crippen LogP contribution in [0.3, 0.4) is 0 Å². The summed E-state index contributed by atoms with van der Waals surface area (Å²) in [5.41, 5.74) is -0.131. The van der Waals surface area contributed by atoms with Crippen molar-refractivity contribution in [1.29, 1.82) is 0 Å². The van der Waals surface area contributed by atoms with Gasteiger partial charge >= 0.3 is 11.9 Å². The van der Waals surface area contributed by atoms with Crippen molar-refractivity contribution in [1.82, 2.24) is 0 Å². The predicted octanol–water partition coefficient (Wildman–Crippen LogP) is 0.326. The summed E-state index contributed by atoms with van der Waals surface area (Å²) in [6.45, 7) is 4.57. The van der Waals surface area contributed by atoms with E-state index in [9.17, 15) is 19.5 Å². The number of hydrogen-bond donors (Lipinski definition) is 0. The van der Waals surface area contributed by atoms with Gasteiger partial charge in [-0.25, -0.2) is 9.59 Å². The van der Waals surface area contributed by atoms with Crippen molar-refractivity contribution >= 4 is 17.9 Å². The monoisotopic (exact) mass is 277 g/mol. The normalized spacial score (nSPS) is 9.65. The van der Waals surface area contributed by atoms with Gasteiger partial charge in [-0.15, -0.1) is 0 Å². The molecule has 1 aromatic rings. The van der Waals surface area contributed by atoms with Crippen LogP contribution < -0.4 is 5.11 Å². The highest BCUT2D eigenvalue weighted by Crippen LogP contribution is 2.09. The molecule has 0 unspecified atom stereocenters. The Morgan fingerprint density at radius 2 is 1.65 bits per heavy atom. The van der Waals surface area contributed by atoms with Crippen molar-refractivity contribution in [2.24, 2.45) is 0 Å². The molecule has 20 heavy (non-hydrogen) atoms. The minimum atomic E-state index is -1.47. The molecular weight excluding hydrogens is 264 g/mol. The molecule has 0 fully saturated rings. The van der Waals surface area contributed by atoms with Gasteiger partial charge in [0, 0.05) is 11.1 Å². The Balaban J connectivity index is 2.54. The average molecular weight is 277 g/mol. The van der Waals surface area contributed by atoms with Crippen LogP contribution in [0.1, 0.15) is 27.6 Å². The van der Waals surface area contributed by atoms with Crippen molar-refractivity contribution < 1.29 is 29.0 Å². The first kappa shape index (κ1) is 15.4. The van der Waals surface area contributed by atoms with Crippen LogP contribution in [0.4, 0.5) is 0 Å². The van der Waals surface area contributed by atoms with Gasteiger partial charge in [0.2, 0.25) is 0 Å². The van der Waals surface area contributed by atoms with E-state index in [4.69, 9.17) is 9.47 Å².